The van der Waals surface area contributed by atoms with Gasteiger partial charge in [-0.15, -0.1) is 0 Å². The van der Waals surface area contributed by atoms with E-state index >= 15 is 0 Å². The summed E-state index contributed by atoms with van der Waals surface area (Å²) >= 11 is 0. The van der Waals surface area contributed by atoms with Crippen LogP contribution in [0.4, 0.5) is 5.69 Å². The highest BCUT2D eigenvalue weighted by Crippen LogP contribution is 2.61. The highest BCUT2D eigenvalue weighted by molar-refractivity contribution is 6.21. The van der Waals surface area contributed by atoms with Gasteiger partial charge < -0.3 is 0 Å². The Morgan fingerprint density at radius 2 is 1.31 bits per heavy atom. The van der Waals surface area contributed by atoms with Crippen molar-refractivity contribution < 1.29 is 9.59 Å². The van der Waals surface area contributed by atoms with Crippen LogP contribution in [-0.2, 0) is 16.0 Å². The molecule has 4 aromatic rings. The fourth-order valence-electron chi connectivity index (χ4n) is 6.70. The molecular weight excluding hydrogens is 480 g/mol. The summed E-state index contributed by atoms with van der Waals surface area (Å²) in [4.78, 5) is 27.8. The standard InChI is InChI=1S/C35H30N2O2/c1-25-35(34(39)37(36-25)31-20-12-5-13-21-31)32(27-16-8-3-9-17-27)29(22-26-14-6-2-7-15-26)23-30(24-38)33(35)28-18-10-4-11-19-28/h2-21,23-24,29,32-33H,22H2,1H3/t29-,32+,33+,35+/m0/s1. The van der Waals surface area contributed by atoms with Gasteiger partial charge in [-0.25, -0.2) is 0 Å². The lowest BCUT2D eigenvalue weighted by atomic mass is 9.51. The minimum atomic E-state index is -1.08. The molecule has 39 heavy (non-hydrogen) atoms. The second-order valence-electron chi connectivity index (χ2n) is 10.4. The molecule has 0 bridgehead atoms. The zero-order valence-corrected chi connectivity index (χ0v) is 21.9. The number of carbonyl (C=O) groups excluding carboxylic acids is 2. The second-order valence-corrected chi connectivity index (χ2v) is 10.4. The lowest BCUT2D eigenvalue weighted by molar-refractivity contribution is -0.126. The number of allylic oxidation sites excluding steroid dienone is 2. The number of carbonyl (C=O) groups is 2. The van der Waals surface area contributed by atoms with Crippen LogP contribution in [0.1, 0.15) is 35.4 Å². The highest BCUT2D eigenvalue weighted by Gasteiger charge is 2.63. The smallest absolute Gasteiger partial charge is 0.260 e. The first kappa shape index (κ1) is 24.7. The summed E-state index contributed by atoms with van der Waals surface area (Å²) < 4.78 is 0. The summed E-state index contributed by atoms with van der Waals surface area (Å²) in [7, 11) is 0. The lowest BCUT2D eigenvalue weighted by Crippen LogP contribution is -2.53. The number of rotatable bonds is 6. The molecular formula is C35H30N2O2. The van der Waals surface area contributed by atoms with Gasteiger partial charge in [-0.2, -0.15) is 10.1 Å². The van der Waals surface area contributed by atoms with Crippen LogP contribution < -0.4 is 5.01 Å². The number of amides is 1. The Kier molecular flexibility index (Phi) is 6.54. The fourth-order valence-corrected chi connectivity index (χ4v) is 6.70. The van der Waals surface area contributed by atoms with Crippen molar-refractivity contribution >= 4 is 23.6 Å². The zero-order valence-electron chi connectivity index (χ0n) is 21.9. The molecule has 0 saturated heterocycles. The van der Waals surface area contributed by atoms with Crippen LogP contribution in [0.5, 0.6) is 0 Å². The van der Waals surface area contributed by atoms with Crippen molar-refractivity contribution in [2.45, 2.75) is 25.2 Å². The third-order valence-corrected chi connectivity index (χ3v) is 8.25. The van der Waals surface area contributed by atoms with E-state index in [0.29, 0.717) is 12.0 Å². The molecule has 1 aliphatic heterocycles. The first-order valence-electron chi connectivity index (χ1n) is 13.4. The Morgan fingerprint density at radius 3 is 1.90 bits per heavy atom. The number of anilines is 1. The zero-order chi connectivity index (χ0) is 26.8. The molecule has 4 nitrogen and oxygen atoms in total. The maximum Gasteiger partial charge on any atom is 0.260 e. The fraction of sp³-hybridized carbons (Fsp3) is 0.171. The van der Waals surface area contributed by atoms with Gasteiger partial charge >= 0.3 is 0 Å². The molecule has 0 unspecified atom stereocenters. The van der Waals surface area contributed by atoms with Crippen molar-refractivity contribution in [3.8, 4) is 0 Å². The third-order valence-electron chi connectivity index (χ3n) is 8.25. The third kappa shape index (κ3) is 4.13. The molecule has 0 saturated carbocycles. The average molecular weight is 511 g/mol. The van der Waals surface area contributed by atoms with Crippen LogP contribution in [0.2, 0.25) is 0 Å². The van der Waals surface area contributed by atoms with Gasteiger partial charge in [-0.1, -0.05) is 115 Å². The highest BCUT2D eigenvalue weighted by atomic mass is 16.2. The van der Waals surface area contributed by atoms with Gasteiger partial charge in [0, 0.05) is 11.8 Å². The molecule has 1 heterocycles. The van der Waals surface area contributed by atoms with Crippen LogP contribution in [0.3, 0.4) is 0 Å². The number of nitrogens with zero attached hydrogens (tertiary/aromatic N) is 2. The molecule has 0 fully saturated rings. The first-order chi connectivity index (χ1) is 19.1. The maximum absolute atomic E-state index is 15.0. The van der Waals surface area contributed by atoms with Crippen molar-refractivity contribution in [1.29, 1.82) is 0 Å². The number of para-hydroxylation sites is 1. The minimum absolute atomic E-state index is 0.0974. The van der Waals surface area contributed by atoms with Crippen LogP contribution in [0.15, 0.2) is 138 Å². The van der Waals surface area contributed by atoms with Crippen molar-refractivity contribution in [3.63, 3.8) is 0 Å². The van der Waals surface area contributed by atoms with Gasteiger partial charge in [-0.3, -0.25) is 9.59 Å². The number of hydrogen-bond donors (Lipinski definition) is 0. The first-order valence-corrected chi connectivity index (χ1v) is 13.4. The molecule has 1 amide bonds. The van der Waals surface area contributed by atoms with E-state index in [-0.39, 0.29) is 17.7 Å². The van der Waals surface area contributed by atoms with E-state index in [4.69, 9.17) is 5.10 Å². The van der Waals surface area contributed by atoms with Crippen LogP contribution >= 0.6 is 0 Å². The van der Waals surface area contributed by atoms with Crippen LogP contribution in [0, 0.1) is 11.3 Å². The van der Waals surface area contributed by atoms with Crippen molar-refractivity contribution in [2.24, 2.45) is 16.4 Å². The van der Waals surface area contributed by atoms with E-state index in [2.05, 4.69) is 30.3 Å². The molecule has 192 valence electrons. The van der Waals surface area contributed by atoms with E-state index in [0.717, 1.165) is 34.4 Å². The number of hydrogen-bond acceptors (Lipinski definition) is 3. The number of aldehydes is 1. The number of hydrazone groups is 1. The second kappa shape index (κ2) is 10.3. The number of benzene rings is 4. The predicted molar refractivity (Wildman–Crippen MR) is 156 cm³/mol. The van der Waals surface area contributed by atoms with Crippen LogP contribution in [0.25, 0.3) is 0 Å². The summed E-state index contributed by atoms with van der Waals surface area (Å²) in [6.07, 6.45) is 3.77. The van der Waals surface area contributed by atoms with Crippen molar-refractivity contribution in [1.82, 2.24) is 0 Å². The van der Waals surface area contributed by atoms with Crippen molar-refractivity contribution in [2.75, 3.05) is 5.01 Å². The van der Waals surface area contributed by atoms with Gasteiger partial charge in [-0.05, 0) is 53.7 Å². The summed E-state index contributed by atoms with van der Waals surface area (Å²) in [5.74, 6) is -0.907. The molecule has 4 heteroatoms. The van der Waals surface area contributed by atoms with Crippen molar-refractivity contribution in [3.05, 3.63) is 150 Å². The average Bonchev–Trinajstić information content (AvgIpc) is 3.24. The molecule has 1 spiro atoms. The Balaban J connectivity index is 1.63. The van der Waals surface area contributed by atoms with Gasteiger partial charge in [0.25, 0.3) is 5.91 Å². The molecule has 2 aliphatic rings. The molecule has 0 N–H and O–H groups in total. The monoisotopic (exact) mass is 510 g/mol. The normalized spacial score (nSPS) is 24.4. The quantitative estimate of drug-likeness (QED) is 0.263. The molecule has 4 atom stereocenters. The molecule has 1 aliphatic carbocycles. The van der Waals surface area contributed by atoms with E-state index in [9.17, 15) is 9.59 Å². The largest absolute Gasteiger partial charge is 0.298 e. The Morgan fingerprint density at radius 1 is 0.769 bits per heavy atom. The lowest BCUT2D eigenvalue weighted by Gasteiger charge is -2.49. The Labute approximate surface area is 229 Å². The summed E-state index contributed by atoms with van der Waals surface area (Å²) in [6, 6.07) is 40.1. The molecule has 6 rings (SSSR count). The SMILES string of the molecule is CC1=NN(c2ccccc2)C(=O)[C@@]12[C@H](c1ccccc1)[C@@H](Cc1ccccc1)C=C(C=O)[C@H]2c1ccccc1. The van der Waals surface area contributed by atoms with Gasteiger partial charge in [0.1, 0.15) is 11.7 Å². The van der Waals surface area contributed by atoms with E-state index in [1.165, 1.54) is 0 Å². The van der Waals surface area contributed by atoms with Gasteiger partial charge in [0.2, 0.25) is 0 Å². The summed E-state index contributed by atoms with van der Waals surface area (Å²) in [6.45, 7) is 1.96. The van der Waals surface area contributed by atoms with E-state index in [1.54, 1.807) is 5.01 Å². The molecule has 0 aromatic heterocycles. The summed E-state index contributed by atoms with van der Waals surface area (Å²) in [5.41, 5.74) is 4.17. The molecule has 0 radical (unpaired) electrons. The Bertz CT molecular complexity index is 1530. The van der Waals surface area contributed by atoms with E-state index < -0.39 is 11.3 Å². The minimum Gasteiger partial charge on any atom is -0.298 e. The maximum atomic E-state index is 15.0. The van der Waals surface area contributed by atoms with Gasteiger partial charge in [0.15, 0.2) is 0 Å². The molecule has 4 aromatic carbocycles. The van der Waals surface area contributed by atoms with Crippen LogP contribution in [-0.4, -0.2) is 17.9 Å². The Hall–Kier alpha value is -4.57. The van der Waals surface area contributed by atoms with E-state index in [1.807, 2.05) is 104 Å². The topological polar surface area (TPSA) is 49.7 Å². The van der Waals surface area contributed by atoms with Gasteiger partial charge in [0.05, 0.1) is 11.4 Å². The summed E-state index contributed by atoms with van der Waals surface area (Å²) in [5, 5.41) is 6.49. The predicted octanol–water partition coefficient (Wildman–Crippen LogP) is 6.96.